The average Bonchev–Trinajstić information content (AvgIpc) is 2.76. The predicted molar refractivity (Wildman–Crippen MR) is 72.8 cm³/mol. The van der Waals surface area contributed by atoms with Crippen LogP contribution < -0.4 is 5.32 Å². The van der Waals surface area contributed by atoms with Gasteiger partial charge in [-0.1, -0.05) is 35.9 Å². The Morgan fingerprint density at radius 2 is 2.18 bits per heavy atom. The van der Waals surface area contributed by atoms with E-state index >= 15 is 0 Å². The molecule has 1 aromatic heterocycles. The van der Waals surface area contributed by atoms with Crippen LogP contribution in [0.2, 0.25) is 5.02 Å². The minimum atomic E-state index is 0.751. The van der Waals surface area contributed by atoms with Gasteiger partial charge >= 0.3 is 0 Å². The summed E-state index contributed by atoms with van der Waals surface area (Å²) in [5.74, 6) is 0. The number of benzene rings is 1. The summed E-state index contributed by atoms with van der Waals surface area (Å²) in [5, 5.41) is 14.1. The number of anilines is 1. The van der Waals surface area contributed by atoms with E-state index in [0.717, 1.165) is 28.1 Å². The Labute approximate surface area is 110 Å². The number of hydrogen-bond donors (Lipinski definition) is 1. The summed E-state index contributed by atoms with van der Waals surface area (Å²) in [6, 6.07) is 5.91. The van der Waals surface area contributed by atoms with Crippen molar-refractivity contribution in [1.29, 1.82) is 0 Å². The number of hydrogen-bond acceptors (Lipinski definition) is 4. The molecule has 2 rings (SSSR count). The lowest BCUT2D eigenvalue weighted by atomic mass is 10.1. The van der Waals surface area contributed by atoms with Gasteiger partial charge in [0.05, 0.1) is 0 Å². The molecule has 0 bridgehead atoms. The van der Waals surface area contributed by atoms with Gasteiger partial charge in [-0.3, -0.25) is 0 Å². The molecule has 0 aliphatic rings. The normalized spacial score (nSPS) is 10.5. The van der Waals surface area contributed by atoms with Crippen LogP contribution in [-0.2, 0) is 13.0 Å². The zero-order valence-electron chi connectivity index (χ0n) is 9.83. The topological polar surface area (TPSA) is 37.8 Å². The van der Waals surface area contributed by atoms with Crippen molar-refractivity contribution in [1.82, 2.24) is 10.2 Å². The van der Waals surface area contributed by atoms with Crippen LogP contribution in [0.4, 0.5) is 5.13 Å². The Morgan fingerprint density at radius 1 is 1.35 bits per heavy atom. The molecule has 90 valence electrons. The van der Waals surface area contributed by atoms with Crippen molar-refractivity contribution in [2.75, 3.05) is 5.32 Å². The first-order chi connectivity index (χ1) is 8.19. The van der Waals surface area contributed by atoms with Gasteiger partial charge in [-0.05, 0) is 36.6 Å². The molecule has 1 N–H and O–H groups in total. The molecule has 0 atom stereocenters. The van der Waals surface area contributed by atoms with Gasteiger partial charge in [0.15, 0.2) is 0 Å². The molecule has 1 aromatic carbocycles. The van der Waals surface area contributed by atoms with Crippen molar-refractivity contribution in [3.05, 3.63) is 39.4 Å². The maximum Gasteiger partial charge on any atom is 0.205 e. The first kappa shape index (κ1) is 12.3. The highest BCUT2D eigenvalue weighted by Crippen LogP contribution is 2.19. The summed E-state index contributed by atoms with van der Waals surface area (Å²) >= 11 is 7.52. The van der Waals surface area contributed by atoms with Crippen LogP contribution in [0.25, 0.3) is 0 Å². The zero-order chi connectivity index (χ0) is 12.3. The van der Waals surface area contributed by atoms with E-state index in [-0.39, 0.29) is 0 Å². The molecule has 1 heterocycles. The summed E-state index contributed by atoms with van der Waals surface area (Å²) < 4.78 is 0. The lowest BCUT2D eigenvalue weighted by Gasteiger charge is -2.06. The van der Waals surface area contributed by atoms with E-state index in [0.29, 0.717) is 0 Å². The maximum atomic E-state index is 5.92. The predicted octanol–water partition coefficient (Wildman–Crippen LogP) is 3.67. The Balaban J connectivity index is 2.02. The molecule has 5 heteroatoms. The second-order valence-corrected chi connectivity index (χ2v) is 5.28. The van der Waals surface area contributed by atoms with E-state index in [2.05, 4.69) is 29.4 Å². The molecule has 0 saturated heterocycles. The zero-order valence-corrected chi connectivity index (χ0v) is 11.4. The Kier molecular flexibility index (Phi) is 3.97. The van der Waals surface area contributed by atoms with Gasteiger partial charge in [0, 0.05) is 11.6 Å². The van der Waals surface area contributed by atoms with Crippen LogP contribution >= 0.6 is 22.9 Å². The van der Waals surface area contributed by atoms with Gasteiger partial charge in [-0.25, -0.2) is 0 Å². The van der Waals surface area contributed by atoms with E-state index in [1.54, 1.807) is 11.3 Å². The highest BCUT2D eigenvalue weighted by molar-refractivity contribution is 7.15. The number of aromatic nitrogens is 2. The smallest absolute Gasteiger partial charge is 0.205 e. The van der Waals surface area contributed by atoms with E-state index in [1.807, 2.05) is 18.2 Å². The minimum absolute atomic E-state index is 0.751. The molecule has 2 aromatic rings. The first-order valence-corrected chi connectivity index (χ1v) is 6.69. The first-order valence-electron chi connectivity index (χ1n) is 5.50. The monoisotopic (exact) mass is 267 g/mol. The lowest BCUT2D eigenvalue weighted by Crippen LogP contribution is -2.00. The second kappa shape index (κ2) is 5.47. The van der Waals surface area contributed by atoms with Crippen molar-refractivity contribution >= 4 is 28.1 Å². The third kappa shape index (κ3) is 3.17. The van der Waals surface area contributed by atoms with Crippen molar-refractivity contribution < 1.29 is 0 Å². The van der Waals surface area contributed by atoms with E-state index in [4.69, 9.17) is 11.6 Å². The molecule has 0 saturated carbocycles. The summed E-state index contributed by atoms with van der Waals surface area (Å²) in [6.45, 7) is 4.88. The van der Waals surface area contributed by atoms with Crippen LogP contribution in [0, 0.1) is 6.92 Å². The Bertz CT molecular complexity index is 510. The third-order valence-corrected chi connectivity index (χ3v) is 3.76. The van der Waals surface area contributed by atoms with Crippen LogP contribution in [0.3, 0.4) is 0 Å². The van der Waals surface area contributed by atoms with Gasteiger partial charge in [-0.2, -0.15) is 0 Å². The van der Waals surface area contributed by atoms with E-state index < -0.39 is 0 Å². The number of nitrogens with zero attached hydrogens (tertiary/aromatic N) is 2. The summed E-state index contributed by atoms with van der Waals surface area (Å²) in [7, 11) is 0. The fourth-order valence-corrected chi connectivity index (χ4v) is 2.40. The van der Waals surface area contributed by atoms with Crippen LogP contribution in [0.5, 0.6) is 0 Å². The Morgan fingerprint density at radius 3 is 2.82 bits per heavy atom. The van der Waals surface area contributed by atoms with E-state index in [1.165, 1.54) is 11.1 Å². The van der Waals surface area contributed by atoms with Gasteiger partial charge in [0.2, 0.25) is 5.13 Å². The highest BCUT2D eigenvalue weighted by Gasteiger charge is 2.03. The molecular weight excluding hydrogens is 254 g/mol. The van der Waals surface area contributed by atoms with Crippen LogP contribution in [0.1, 0.15) is 23.1 Å². The largest absolute Gasteiger partial charge is 0.356 e. The number of aryl methyl sites for hydroxylation is 2. The quantitative estimate of drug-likeness (QED) is 0.918. The molecule has 0 aliphatic heterocycles. The van der Waals surface area contributed by atoms with Gasteiger partial charge in [0.1, 0.15) is 5.01 Å². The van der Waals surface area contributed by atoms with Gasteiger partial charge < -0.3 is 5.32 Å². The van der Waals surface area contributed by atoms with Crippen molar-refractivity contribution in [2.45, 2.75) is 26.8 Å². The maximum absolute atomic E-state index is 5.92. The summed E-state index contributed by atoms with van der Waals surface area (Å²) in [6.07, 6.45) is 0.930. The highest BCUT2D eigenvalue weighted by atomic mass is 35.5. The van der Waals surface area contributed by atoms with Gasteiger partial charge in [-0.15, -0.1) is 10.2 Å². The molecule has 17 heavy (non-hydrogen) atoms. The second-order valence-electron chi connectivity index (χ2n) is 3.78. The molecule has 0 amide bonds. The van der Waals surface area contributed by atoms with Crippen LogP contribution in [0.15, 0.2) is 18.2 Å². The van der Waals surface area contributed by atoms with Crippen LogP contribution in [-0.4, -0.2) is 10.2 Å². The van der Waals surface area contributed by atoms with Crippen molar-refractivity contribution in [2.24, 2.45) is 0 Å². The molecule has 0 fully saturated rings. The van der Waals surface area contributed by atoms with Gasteiger partial charge in [0.25, 0.3) is 0 Å². The molecule has 0 unspecified atom stereocenters. The van der Waals surface area contributed by atoms with E-state index in [9.17, 15) is 0 Å². The number of rotatable bonds is 4. The number of nitrogens with one attached hydrogen (secondary N) is 1. The summed E-state index contributed by atoms with van der Waals surface area (Å²) in [5.41, 5.74) is 2.41. The molecule has 3 nitrogen and oxygen atoms in total. The van der Waals surface area contributed by atoms with Crippen molar-refractivity contribution in [3.63, 3.8) is 0 Å². The fraction of sp³-hybridized carbons (Fsp3) is 0.333. The third-order valence-electron chi connectivity index (χ3n) is 2.50. The molecule has 0 aliphatic carbocycles. The molecular formula is C12H14ClN3S. The summed E-state index contributed by atoms with van der Waals surface area (Å²) in [4.78, 5) is 0. The average molecular weight is 268 g/mol. The number of halogens is 1. The van der Waals surface area contributed by atoms with Crippen molar-refractivity contribution in [3.8, 4) is 0 Å². The minimum Gasteiger partial charge on any atom is -0.356 e. The SMILES string of the molecule is CCc1nnc(NCc2ccc(Cl)cc2C)s1. The lowest BCUT2D eigenvalue weighted by molar-refractivity contribution is 0.974. The standard InChI is InChI=1S/C12H14ClN3S/c1-3-11-15-16-12(17-11)14-7-9-4-5-10(13)6-8(9)2/h4-6H,3,7H2,1-2H3,(H,14,16). The fourth-order valence-electron chi connectivity index (χ4n) is 1.50. The molecule has 0 spiro atoms. The Hall–Kier alpha value is -1.13. The molecule has 0 radical (unpaired) electrons.